The molecule has 1 aromatic heterocycles. The minimum Gasteiger partial charge on any atom is -0.469 e. The third-order valence-corrected chi connectivity index (χ3v) is 2.88. The highest BCUT2D eigenvalue weighted by Gasteiger charge is 2.21. The number of carbonyl (C=O) groups excluding carboxylic acids is 2. The van der Waals surface area contributed by atoms with Crippen LogP contribution in [0.5, 0.6) is 0 Å². The van der Waals surface area contributed by atoms with Crippen molar-refractivity contribution >= 4 is 11.9 Å². The van der Waals surface area contributed by atoms with Crippen LogP contribution in [0.4, 0.5) is 4.39 Å². The van der Waals surface area contributed by atoms with E-state index in [1.165, 1.54) is 49.4 Å². The molecule has 21 heavy (non-hydrogen) atoms. The maximum absolute atomic E-state index is 13.0. The highest BCUT2D eigenvalue weighted by molar-refractivity contribution is 5.92. The van der Waals surface area contributed by atoms with Gasteiger partial charge in [-0.3, -0.25) is 4.79 Å². The predicted octanol–water partition coefficient (Wildman–Crippen LogP) is 1.51. The van der Waals surface area contributed by atoms with Crippen molar-refractivity contribution in [2.45, 2.75) is 6.42 Å². The Labute approximate surface area is 120 Å². The van der Waals surface area contributed by atoms with Gasteiger partial charge in [-0.25, -0.2) is 13.9 Å². The Morgan fingerprint density at radius 2 is 1.86 bits per heavy atom. The van der Waals surface area contributed by atoms with Crippen LogP contribution in [0, 0.1) is 5.82 Å². The Kier molecular flexibility index (Phi) is 4.32. The van der Waals surface area contributed by atoms with Crippen LogP contribution in [0.1, 0.15) is 16.1 Å². The molecule has 1 heterocycles. The van der Waals surface area contributed by atoms with E-state index in [0.717, 1.165) is 0 Å². The summed E-state index contributed by atoms with van der Waals surface area (Å²) in [6, 6.07) is 5.50. The fourth-order valence-corrected chi connectivity index (χ4v) is 1.84. The SMILES string of the molecule is COC(=O)Cc1c(C(=O)OC)cnn1-c1ccc(F)cc1. The first-order valence-electron chi connectivity index (χ1n) is 6.04. The second-order valence-electron chi connectivity index (χ2n) is 4.14. The average Bonchev–Trinajstić information content (AvgIpc) is 2.90. The summed E-state index contributed by atoms with van der Waals surface area (Å²) in [5, 5.41) is 4.06. The van der Waals surface area contributed by atoms with Crippen LogP contribution < -0.4 is 0 Å². The Morgan fingerprint density at radius 1 is 1.19 bits per heavy atom. The summed E-state index contributed by atoms with van der Waals surface area (Å²) in [5.74, 6) is -1.53. The number of ether oxygens (including phenoxy) is 2. The van der Waals surface area contributed by atoms with Gasteiger partial charge >= 0.3 is 11.9 Å². The van der Waals surface area contributed by atoms with Crippen LogP contribution in [0.25, 0.3) is 5.69 Å². The molecule has 0 N–H and O–H groups in total. The summed E-state index contributed by atoms with van der Waals surface area (Å²) in [5.41, 5.74) is 0.998. The molecule has 6 nitrogen and oxygen atoms in total. The number of esters is 2. The molecule has 0 spiro atoms. The number of hydrogen-bond donors (Lipinski definition) is 0. The standard InChI is InChI=1S/C14H13FN2O4/c1-20-13(18)7-12-11(14(19)21-2)8-16-17(12)10-5-3-9(15)4-6-10/h3-6,8H,7H2,1-2H3. The number of rotatable bonds is 4. The number of hydrogen-bond acceptors (Lipinski definition) is 5. The number of carbonyl (C=O) groups is 2. The van der Waals surface area contributed by atoms with Gasteiger partial charge in [0.05, 0.1) is 38.2 Å². The average molecular weight is 292 g/mol. The normalized spacial score (nSPS) is 10.2. The summed E-state index contributed by atoms with van der Waals surface area (Å²) in [6.45, 7) is 0. The van der Waals surface area contributed by atoms with Gasteiger partial charge in [0.2, 0.25) is 0 Å². The molecule has 110 valence electrons. The lowest BCUT2D eigenvalue weighted by Gasteiger charge is -2.08. The number of halogens is 1. The summed E-state index contributed by atoms with van der Waals surface area (Å²) < 4.78 is 23.6. The Bertz CT molecular complexity index is 664. The van der Waals surface area contributed by atoms with E-state index >= 15 is 0 Å². The Hall–Kier alpha value is -2.70. The first-order valence-corrected chi connectivity index (χ1v) is 6.04. The van der Waals surface area contributed by atoms with Gasteiger partial charge in [0.1, 0.15) is 11.4 Å². The van der Waals surface area contributed by atoms with Crippen molar-refractivity contribution in [3.8, 4) is 5.69 Å². The molecule has 0 aliphatic carbocycles. The van der Waals surface area contributed by atoms with E-state index in [2.05, 4.69) is 14.6 Å². The third-order valence-electron chi connectivity index (χ3n) is 2.88. The molecule has 0 amide bonds. The van der Waals surface area contributed by atoms with E-state index in [4.69, 9.17) is 0 Å². The number of methoxy groups -OCH3 is 2. The summed E-state index contributed by atoms with van der Waals surface area (Å²) in [4.78, 5) is 23.2. The summed E-state index contributed by atoms with van der Waals surface area (Å²) >= 11 is 0. The van der Waals surface area contributed by atoms with E-state index in [1.54, 1.807) is 0 Å². The number of benzene rings is 1. The fourth-order valence-electron chi connectivity index (χ4n) is 1.84. The lowest BCUT2D eigenvalue weighted by molar-refractivity contribution is -0.139. The van der Waals surface area contributed by atoms with E-state index in [9.17, 15) is 14.0 Å². The van der Waals surface area contributed by atoms with E-state index in [0.29, 0.717) is 11.4 Å². The highest BCUT2D eigenvalue weighted by atomic mass is 19.1. The van der Waals surface area contributed by atoms with Crippen molar-refractivity contribution in [2.75, 3.05) is 14.2 Å². The molecule has 0 saturated heterocycles. The number of aromatic nitrogens is 2. The fraction of sp³-hybridized carbons (Fsp3) is 0.214. The maximum Gasteiger partial charge on any atom is 0.341 e. The van der Waals surface area contributed by atoms with Crippen LogP contribution >= 0.6 is 0 Å². The lowest BCUT2D eigenvalue weighted by Crippen LogP contribution is -2.14. The minimum atomic E-state index is -0.609. The lowest BCUT2D eigenvalue weighted by atomic mass is 10.2. The Balaban J connectivity index is 2.50. The van der Waals surface area contributed by atoms with Gasteiger partial charge in [-0.15, -0.1) is 0 Å². The smallest absolute Gasteiger partial charge is 0.341 e. The second-order valence-corrected chi connectivity index (χ2v) is 4.14. The van der Waals surface area contributed by atoms with Gasteiger partial charge in [-0.05, 0) is 24.3 Å². The first kappa shape index (κ1) is 14.7. The molecule has 0 saturated carbocycles. The van der Waals surface area contributed by atoms with Crippen molar-refractivity contribution in [3.05, 3.63) is 47.5 Å². The monoisotopic (exact) mass is 292 g/mol. The zero-order valence-corrected chi connectivity index (χ0v) is 11.5. The molecule has 0 atom stereocenters. The van der Waals surface area contributed by atoms with Crippen molar-refractivity contribution in [3.63, 3.8) is 0 Å². The molecule has 0 fully saturated rings. The molecule has 7 heteroatoms. The zero-order chi connectivity index (χ0) is 15.4. The van der Waals surface area contributed by atoms with Gasteiger partial charge in [0.15, 0.2) is 0 Å². The van der Waals surface area contributed by atoms with E-state index in [1.807, 2.05) is 0 Å². The molecule has 0 radical (unpaired) electrons. The highest BCUT2D eigenvalue weighted by Crippen LogP contribution is 2.17. The zero-order valence-electron chi connectivity index (χ0n) is 11.5. The molecular weight excluding hydrogens is 279 g/mol. The van der Waals surface area contributed by atoms with Gasteiger partial charge in [0.25, 0.3) is 0 Å². The van der Waals surface area contributed by atoms with Gasteiger partial charge in [0, 0.05) is 0 Å². The minimum absolute atomic E-state index is 0.154. The van der Waals surface area contributed by atoms with E-state index < -0.39 is 17.8 Å². The van der Waals surface area contributed by atoms with E-state index in [-0.39, 0.29) is 12.0 Å². The molecule has 2 aromatic rings. The second kappa shape index (κ2) is 6.17. The third kappa shape index (κ3) is 3.07. The quantitative estimate of drug-likeness (QED) is 0.799. The van der Waals surface area contributed by atoms with Gasteiger partial charge in [-0.1, -0.05) is 0 Å². The van der Waals surface area contributed by atoms with Crippen LogP contribution in [-0.4, -0.2) is 35.9 Å². The van der Waals surface area contributed by atoms with Crippen LogP contribution in [0.3, 0.4) is 0 Å². The van der Waals surface area contributed by atoms with Crippen LogP contribution in [0.15, 0.2) is 30.5 Å². The topological polar surface area (TPSA) is 70.4 Å². The van der Waals surface area contributed by atoms with Crippen LogP contribution in [0.2, 0.25) is 0 Å². The molecule has 2 rings (SSSR count). The molecule has 1 aromatic carbocycles. The number of nitrogens with zero attached hydrogens (tertiary/aromatic N) is 2. The Morgan fingerprint density at radius 3 is 2.43 bits per heavy atom. The van der Waals surface area contributed by atoms with Crippen molar-refractivity contribution < 1.29 is 23.5 Å². The van der Waals surface area contributed by atoms with Crippen molar-refractivity contribution in [2.24, 2.45) is 0 Å². The van der Waals surface area contributed by atoms with Crippen molar-refractivity contribution in [1.82, 2.24) is 9.78 Å². The predicted molar refractivity (Wildman–Crippen MR) is 70.6 cm³/mol. The molecule has 0 bridgehead atoms. The summed E-state index contributed by atoms with van der Waals surface area (Å²) in [7, 11) is 2.48. The van der Waals surface area contributed by atoms with Crippen LogP contribution in [-0.2, 0) is 20.7 Å². The summed E-state index contributed by atoms with van der Waals surface area (Å²) in [6.07, 6.45) is 1.14. The molecular formula is C14H13FN2O4. The largest absolute Gasteiger partial charge is 0.469 e. The first-order chi connectivity index (χ1) is 10.1. The van der Waals surface area contributed by atoms with Crippen molar-refractivity contribution in [1.29, 1.82) is 0 Å². The van der Waals surface area contributed by atoms with Gasteiger partial charge in [-0.2, -0.15) is 5.10 Å². The molecule has 0 aliphatic heterocycles. The molecule has 0 aliphatic rings. The van der Waals surface area contributed by atoms with Gasteiger partial charge < -0.3 is 9.47 Å². The molecule has 0 unspecified atom stereocenters. The maximum atomic E-state index is 13.0.